The fourth-order valence-corrected chi connectivity index (χ4v) is 3.86. The lowest BCUT2D eigenvalue weighted by molar-refractivity contribution is 0.0948. The van der Waals surface area contributed by atoms with Crippen molar-refractivity contribution in [1.29, 1.82) is 0 Å². The number of hydrogen-bond donors (Lipinski definition) is 2. The molecule has 0 atom stereocenters. The summed E-state index contributed by atoms with van der Waals surface area (Å²) < 4.78 is 26.6. The standard InChI is InChI=1S/C22H23N3O3S/c1-2-23-29(27,28)21-15-13-19(14-16-21)22(26)24-25(20-11-7-4-8-12-20)17-18-9-5-3-6-10-18/h3-16,23H,2,17H2,1H3,(H,24,26). The topological polar surface area (TPSA) is 78.5 Å². The highest BCUT2D eigenvalue weighted by atomic mass is 32.2. The highest BCUT2D eigenvalue weighted by Crippen LogP contribution is 2.16. The Labute approximate surface area is 171 Å². The van der Waals surface area contributed by atoms with Crippen LogP contribution in [0.4, 0.5) is 5.69 Å². The Balaban J connectivity index is 1.79. The van der Waals surface area contributed by atoms with Crippen molar-refractivity contribution in [3.8, 4) is 0 Å². The molecule has 29 heavy (non-hydrogen) atoms. The third-order valence-electron chi connectivity index (χ3n) is 4.25. The number of hydrogen-bond acceptors (Lipinski definition) is 4. The number of carbonyl (C=O) groups is 1. The van der Waals surface area contributed by atoms with Gasteiger partial charge in [-0.1, -0.05) is 55.5 Å². The van der Waals surface area contributed by atoms with Gasteiger partial charge in [0.05, 0.1) is 17.1 Å². The molecule has 2 N–H and O–H groups in total. The summed E-state index contributed by atoms with van der Waals surface area (Å²) in [6.45, 7) is 2.50. The normalized spacial score (nSPS) is 11.1. The summed E-state index contributed by atoms with van der Waals surface area (Å²) in [5.74, 6) is -0.322. The van der Waals surface area contributed by atoms with Crippen LogP contribution in [-0.4, -0.2) is 20.9 Å². The van der Waals surface area contributed by atoms with Crippen molar-refractivity contribution in [2.45, 2.75) is 18.4 Å². The Hall–Kier alpha value is -3.16. The van der Waals surface area contributed by atoms with Crippen molar-refractivity contribution in [2.24, 2.45) is 0 Å². The van der Waals surface area contributed by atoms with Crippen LogP contribution < -0.4 is 15.2 Å². The summed E-state index contributed by atoms with van der Waals surface area (Å²) in [5.41, 5.74) is 5.17. The van der Waals surface area contributed by atoms with E-state index in [4.69, 9.17) is 0 Å². The molecule has 0 fully saturated rings. The van der Waals surface area contributed by atoms with Crippen LogP contribution in [0.25, 0.3) is 0 Å². The molecular weight excluding hydrogens is 386 g/mol. The number of nitrogens with one attached hydrogen (secondary N) is 2. The minimum absolute atomic E-state index is 0.125. The van der Waals surface area contributed by atoms with Crippen molar-refractivity contribution in [3.63, 3.8) is 0 Å². The van der Waals surface area contributed by atoms with Gasteiger partial charge < -0.3 is 0 Å². The molecule has 7 heteroatoms. The zero-order chi connectivity index (χ0) is 20.7. The molecule has 0 aliphatic carbocycles. The zero-order valence-electron chi connectivity index (χ0n) is 16.1. The molecule has 0 radical (unpaired) electrons. The Morgan fingerprint density at radius 3 is 2.03 bits per heavy atom. The quantitative estimate of drug-likeness (QED) is 0.560. The molecule has 3 aromatic carbocycles. The molecule has 0 saturated heterocycles. The molecule has 0 saturated carbocycles. The lowest BCUT2D eigenvalue weighted by Crippen LogP contribution is -2.42. The molecular formula is C22H23N3O3S. The number of carbonyl (C=O) groups excluding carboxylic acids is 1. The molecule has 150 valence electrons. The molecule has 1 amide bonds. The number of rotatable bonds is 8. The average molecular weight is 410 g/mol. The first-order valence-electron chi connectivity index (χ1n) is 9.27. The van der Waals surface area contributed by atoms with E-state index in [0.717, 1.165) is 11.3 Å². The summed E-state index contributed by atoms with van der Waals surface area (Å²) in [6.07, 6.45) is 0. The van der Waals surface area contributed by atoms with Crippen LogP contribution in [0.5, 0.6) is 0 Å². The van der Waals surface area contributed by atoms with E-state index < -0.39 is 10.0 Å². The van der Waals surface area contributed by atoms with Crippen LogP contribution in [0.1, 0.15) is 22.8 Å². The highest BCUT2D eigenvalue weighted by Gasteiger charge is 2.16. The fraction of sp³-hybridized carbons (Fsp3) is 0.136. The van der Waals surface area contributed by atoms with E-state index in [1.807, 2.05) is 60.7 Å². The molecule has 0 aliphatic rings. The monoisotopic (exact) mass is 409 g/mol. The van der Waals surface area contributed by atoms with Crippen LogP contribution >= 0.6 is 0 Å². The lowest BCUT2D eigenvalue weighted by Gasteiger charge is -2.25. The van der Waals surface area contributed by atoms with Crippen molar-refractivity contribution >= 4 is 21.6 Å². The number of benzene rings is 3. The maximum atomic E-state index is 12.8. The maximum Gasteiger partial charge on any atom is 0.269 e. The molecule has 0 unspecified atom stereocenters. The average Bonchev–Trinajstić information content (AvgIpc) is 2.74. The minimum Gasteiger partial charge on any atom is -0.281 e. The smallest absolute Gasteiger partial charge is 0.269 e. The molecule has 0 aromatic heterocycles. The van der Waals surface area contributed by atoms with E-state index in [1.54, 1.807) is 11.9 Å². The third-order valence-corrected chi connectivity index (χ3v) is 5.81. The second kappa shape index (κ2) is 9.36. The molecule has 0 aliphatic heterocycles. The van der Waals surface area contributed by atoms with Crippen LogP contribution in [0.15, 0.2) is 89.8 Å². The molecule has 0 heterocycles. The maximum absolute atomic E-state index is 12.8. The van der Waals surface area contributed by atoms with Gasteiger partial charge in [0.25, 0.3) is 5.91 Å². The van der Waals surface area contributed by atoms with Gasteiger partial charge in [-0.2, -0.15) is 0 Å². The first kappa shape index (κ1) is 20.6. The minimum atomic E-state index is -3.55. The predicted octanol–water partition coefficient (Wildman–Crippen LogP) is 3.34. The summed E-state index contributed by atoms with van der Waals surface area (Å²) in [4.78, 5) is 12.9. The van der Waals surface area contributed by atoms with Gasteiger partial charge in [-0.3, -0.25) is 15.2 Å². The van der Waals surface area contributed by atoms with E-state index in [9.17, 15) is 13.2 Å². The van der Waals surface area contributed by atoms with Gasteiger partial charge in [-0.25, -0.2) is 13.1 Å². The number of nitrogens with zero attached hydrogens (tertiary/aromatic N) is 1. The lowest BCUT2D eigenvalue weighted by atomic mass is 10.2. The fourth-order valence-electron chi connectivity index (χ4n) is 2.82. The Bertz CT molecular complexity index is 1040. The SMILES string of the molecule is CCNS(=O)(=O)c1ccc(C(=O)NN(Cc2ccccc2)c2ccccc2)cc1. The van der Waals surface area contributed by atoms with Gasteiger partial charge in [0.15, 0.2) is 0 Å². The van der Waals surface area contributed by atoms with E-state index in [-0.39, 0.29) is 10.8 Å². The van der Waals surface area contributed by atoms with Crippen molar-refractivity contribution in [1.82, 2.24) is 10.1 Å². The van der Waals surface area contributed by atoms with E-state index in [1.165, 1.54) is 24.3 Å². The molecule has 0 bridgehead atoms. The predicted molar refractivity (Wildman–Crippen MR) is 114 cm³/mol. The Morgan fingerprint density at radius 1 is 0.862 bits per heavy atom. The van der Waals surface area contributed by atoms with Crippen LogP contribution in [0, 0.1) is 0 Å². The highest BCUT2D eigenvalue weighted by molar-refractivity contribution is 7.89. The second-order valence-electron chi connectivity index (χ2n) is 6.37. The molecule has 3 aromatic rings. The van der Waals surface area contributed by atoms with Gasteiger partial charge in [-0.15, -0.1) is 0 Å². The first-order chi connectivity index (χ1) is 14.0. The van der Waals surface area contributed by atoms with E-state index in [2.05, 4.69) is 10.1 Å². The number of para-hydroxylation sites is 1. The number of sulfonamides is 1. The summed E-state index contributed by atoms with van der Waals surface area (Å²) in [5, 5.41) is 1.76. The Kier molecular flexibility index (Phi) is 6.64. The van der Waals surface area contributed by atoms with Gasteiger partial charge in [0, 0.05) is 12.1 Å². The number of hydrazine groups is 1. The molecule has 3 rings (SSSR count). The zero-order valence-corrected chi connectivity index (χ0v) is 16.9. The van der Waals surface area contributed by atoms with Crippen LogP contribution in [0.2, 0.25) is 0 Å². The van der Waals surface area contributed by atoms with Crippen molar-refractivity contribution < 1.29 is 13.2 Å². The Morgan fingerprint density at radius 2 is 1.45 bits per heavy atom. The summed E-state index contributed by atoms with van der Waals surface area (Å²) >= 11 is 0. The second-order valence-corrected chi connectivity index (χ2v) is 8.14. The third kappa shape index (κ3) is 5.43. The van der Waals surface area contributed by atoms with Gasteiger partial charge in [-0.05, 0) is 42.0 Å². The largest absolute Gasteiger partial charge is 0.281 e. The summed E-state index contributed by atoms with van der Waals surface area (Å²) in [6, 6.07) is 25.2. The molecule has 6 nitrogen and oxygen atoms in total. The van der Waals surface area contributed by atoms with Gasteiger partial charge >= 0.3 is 0 Å². The number of amides is 1. The number of anilines is 1. The van der Waals surface area contributed by atoms with Gasteiger partial charge in [0.2, 0.25) is 10.0 Å². The van der Waals surface area contributed by atoms with Crippen molar-refractivity contribution in [3.05, 3.63) is 96.1 Å². The van der Waals surface area contributed by atoms with E-state index >= 15 is 0 Å². The first-order valence-corrected chi connectivity index (χ1v) is 10.7. The van der Waals surface area contributed by atoms with E-state index in [0.29, 0.717) is 18.7 Å². The van der Waals surface area contributed by atoms with Gasteiger partial charge in [0.1, 0.15) is 0 Å². The summed E-state index contributed by atoms with van der Waals surface area (Å²) in [7, 11) is -3.55. The van der Waals surface area contributed by atoms with Crippen molar-refractivity contribution in [2.75, 3.05) is 11.6 Å². The van der Waals surface area contributed by atoms with Crippen LogP contribution in [-0.2, 0) is 16.6 Å². The molecule has 0 spiro atoms. The van der Waals surface area contributed by atoms with Crippen LogP contribution in [0.3, 0.4) is 0 Å².